The van der Waals surface area contributed by atoms with Crippen LogP contribution in [0.15, 0.2) is 18.2 Å². The minimum Gasteiger partial charge on any atom is -0.508 e. The second-order valence-corrected chi connectivity index (χ2v) is 5.71. The van der Waals surface area contributed by atoms with Crippen molar-refractivity contribution in [3.63, 3.8) is 0 Å². The van der Waals surface area contributed by atoms with Gasteiger partial charge in [-0.05, 0) is 55.5 Å². The summed E-state index contributed by atoms with van der Waals surface area (Å²) < 4.78 is 18.2. The smallest absolute Gasteiger partial charge is 0.115 e. The van der Waals surface area contributed by atoms with E-state index in [-0.39, 0.29) is 12.8 Å². The number of alkyl halides is 1. The van der Waals surface area contributed by atoms with Gasteiger partial charge in [-0.2, -0.15) is 0 Å². The number of phenolic OH excluding ortho intramolecular Hbond substituents is 1. The minimum absolute atomic E-state index is 0.0602. The topological polar surface area (TPSA) is 32.7 Å². The molecule has 1 saturated heterocycles. The van der Waals surface area contributed by atoms with Crippen LogP contribution in [0.1, 0.15) is 36.5 Å². The van der Waals surface area contributed by atoms with Gasteiger partial charge < -0.3 is 9.84 Å². The molecule has 20 heavy (non-hydrogen) atoms. The summed E-state index contributed by atoms with van der Waals surface area (Å²) in [6.07, 6.45) is 3.72. The summed E-state index contributed by atoms with van der Waals surface area (Å²) in [6.45, 7) is 2.37. The van der Waals surface area contributed by atoms with Crippen LogP contribution in [0.5, 0.6) is 5.75 Å². The molecule has 0 amide bonds. The maximum atomic E-state index is 12.3. The number of hydrogen-bond acceptors (Lipinski definition) is 3. The number of aromatic hydroxyl groups is 1. The van der Waals surface area contributed by atoms with E-state index in [0.717, 1.165) is 37.9 Å². The first kappa shape index (κ1) is 13.8. The molecule has 0 radical (unpaired) electrons. The largest absolute Gasteiger partial charge is 0.508 e. The molecule has 1 heterocycles. The van der Waals surface area contributed by atoms with Crippen LogP contribution in [0.4, 0.5) is 4.39 Å². The lowest BCUT2D eigenvalue weighted by Gasteiger charge is -2.44. The third-order valence-electron chi connectivity index (χ3n) is 4.47. The summed E-state index contributed by atoms with van der Waals surface area (Å²) in [7, 11) is 0. The number of unbranched alkanes of at least 4 members (excludes halogenated alkanes) is 1. The number of phenols is 1. The Kier molecular flexibility index (Phi) is 4.22. The molecule has 4 heteroatoms. The molecule has 3 rings (SSSR count). The summed E-state index contributed by atoms with van der Waals surface area (Å²) in [5, 5.41) is 9.71. The Bertz CT molecular complexity index is 466. The zero-order valence-corrected chi connectivity index (χ0v) is 11.7. The number of aryl methyl sites for hydroxylation is 1. The zero-order chi connectivity index (χ0) is 13.9. The van der Waals surface area contributed by atoms with Gasteiger partial charge in [0.05, 0.1) is 19.4 Å². The first-order valence-corrected chi connectivity index (χ1v) is 7.53. The quantitative estimate of drug-likeness (QED) is 0.860. The van der Waals surface area contributed by atoms with Crippen LogP contribution in [0.25, 0.3) is 0 Å². The lowest BCUT2D eigenvalue weighted by Crippen LogP contribution is -2.49. The second kappa shape index (κ2) is 6.10. The number of fused-ring (bicyclic) bond motifs is 3. The van der Waals surface area contributed by atoms with Gasteiger partial charge in [0.2, 0.25) is 0 Å². The maximum Gasteiger partial charge on any atom is 0.115 e. The first-order valence-electron chi connectivity index (χ1n) is 7.53. The number of benzene rings is 1. The molecule has 0 spiro atoms. The highest BCUT2D eigenvalue weighted by Gasteiger charge is 2.37. The van der Waals surface area contributed by atoms with Gasteiger partial charge in [-0.1, -0.05) is 6.07 Å². The normalized spacial score (nSPS) is 26.1. The Morgan fingerprint density at radius 1 is 1.35 bits per heavy atom. The Balaban J connectivity index is 1.76. The van der Waals surface area contributed by atoms with Gasteiger partial charge in [0.1, 0.15) is 5.75 Å². The third kappa shape index (κ3) is 2.67. The van der Waals surface area contributed by atoms with E-state index in [1.165, 1.54) is 5.56 Å². The summed E-state index contributed by atoms with van der Waals surface area (Å²) in [5.41, 5.74) is 2.42. The lowest BCUT2D eigenvalue weighted by atomic mass is 9.84. The van der Waals surface area contributed by atoms with Crippen molar-refractivity contribution >= 4 is 0 Å². The van der Waals surface area contributed by atoms with E-state index in [1.54, 1.807) is 6.07 Å². The fourth-order valence-corrected chi connectivity index (χ4v) is 3.46. The first-order chi connectivity index (χ1) is 9.79. The maximum absolute atomic E-state index is 12.3. The van der Waals surface area contributed by atoms with E-state index < -0.39 is 0 Å². The number of morpholine rings is 1. The average molecular weight is 279 g/mol. The second-order valence-electron chi connectivity index (χ2n) is 5.71. The predicted octanol–water partition coefficient (Wildman–Crippen LogP) is 2.83. The van der Waals surface area contributed by atoms with Crippen molar-refractivity contribution in [3.8, 4) is 5.75 Å². The van der Waals surface area contributed by atoms with Crippen LogP contribution < -0.4 is 0 Å². The van der Waals surface area contributed by atoms with Crippen molar-refractivity contribution in [2.24, 2.45) is 0 Å². The lowest BCUT2D eigenvalue weighted by molar-refractivity contribution is -0.0807. The highest BCUT2D eigenvalue weighted by molar-refractivity contribution is 5.39. The molecule has 1 aromatic rings. The van der Waals surface area contributed by atoms with Crippen LogP contribution in [0.2, 0.25) is 0 Å². The van der Waals surface area contributed by atoms with Crippen molar-refractivity contribution in [1.29, 1.82) is 0 Å². The molecule has 1 aliphatic heterocycles. The molecule has 1 aliphatic carbocycles. The Morgan fingerprint density at radius 2 is 2.25 bits per heavy atom. The molecular weight excluding hydrogens is 257 g/mol. The van der Waals surface area contributed by atoms with Crippen molar-refractivity contribution < 1.29 is 14.2 Å². The minimum atomic E-state index is -0.227. The van der Waals surface area contributed by atoms with Crippen LogP contribution in [0.3, 0.4) is 0 Å². The van der Waals surface area contributed by atoms with E-state index in [2.05, 4.69) is 4.90 Å². The summed E-state index contributed by atoms with van der Waals surface area (Å²) in [6, 6.07) is 5.97. The molecule has 0 unspecified atom stereocenters. The number of rotatable bonds is 4. The zero-order valence-electron chi connectivity index (χ0n) is 11.7. The van der Waals surface area contributed by atoms with E-state index in [4.69, 9.17) is 4.74 Å². The van der Waals surface area contributed by atoms with Gasteiger partial charge in [0.15, 0.2) is 0 Å². The van der Waals surface area contributed by atoms with E-state index in [0.29, 0.717) is 24.8 Å². The predicted molar refractivity (Wildman–Crippen MR) is 75.7 cm³/mol. The number of halogens is 1. The van der Waals surface area contributed by atoms with Crippen molar-refractivity contribution in [3.05, 3.63) is 29.3 Å². The van der Waals surface area contributed by atoms with Gasteiger partial charge in [-0.25, -0.2) is 0 Å². The van der Waals surface area contributed by atoms with Gasteiger partial charge in [-0.3, -0.25) is 9.29 Å². The van der Waals surface area contributed by atoms with Gasteiger partial charge >= 0.3 is 0 Å². The highest BCUT2D eigenvalue weighted by Crippen LogP contribution is 2.39. The van der Waals surface area contributed by atoms with E-state index in [9.17, 15) is 9.50 Å². The molecule has 3 nitrogen and oxygen atoms in total. The van der Waals surface area contributed by atoms with Gasteiger partial charge in [0, 0.05) is 12.6 Å². The molecule has 110 valence electrons. The molecule has 0 aromatic heterocycles. The van der Waals surface area contributed by atoms with E-state index >= 15 is 0 Å². The Hall–Kier alpha value is -1.13. The summed E-state index contributed by atoms with van der Waals surface area (Å²) in [4.78, 5) is 2.44. The SMILES string of the molecule is Oc1ccc2c(c1)[C@H]1OCCN(CCCCF)[C@@H]1CC2. The average Bonchev–Trinajstić information content (AvgIpc) is 2.47. The standard InChI is InChI=1S/C16H22FNO2/c17-7-1-2-8-18-9-10-20-16-14-11-13(19)5-3-12(14)4-6-15(16)18/h3,5,11,15-16,19H,1-2,4,6-10H2/t15-,16-/m1/s1. The molecule has 2 aliphatic rings. The summed E-state index contributed by atoms with van der Waals surface area (Å²) >= 11 is 0. The third-order valence-corrected chi connectivity index (χ3v) is 4.47. The number of hydrogen-bond donors (Lipinski definition) is 1. The van der Waals surface area contributed by atoms with Crippen LogP contribution in [0, 0.1) is 0 Å². The fourth-order valence-electron chi connectivity index (χ4n) is 3.46. The van der Waals surface area contributed by atoms with Crippen molar-refractivity contribution in [2.75, 3.05) is 26.4 Å². The van der Waals surface area contributed by atoms with Crippen molar-refractivity contribution in [1.82, 2.24) is 4.90 Å². The summed E-state index contributed by atoms with van der Waals surface area (Å²) in [5.74, 6) is 0.308. The molecule has 0 saturated carbocycles. The van der Waals surface area contributed by atoms with Crippen molar-refractivity contribution in [2.45, 2.75) is 37.8 Å². The van der Waals surface area contributed by atoms with Crippen LogP contribution in [-0.2, 0) is 11.2 Å². The molecule has 1 N–H and O–H groups in total. The monoisotopic (exact) mass is 279 g/mol. The Morgan fingerprint density at radius 3 is 3.10 bits per heavy atom. The van der Waals surface area contributed by atoms with E-state index in [1.807, 2.05) is 12.1 Å². The fraction of sp³-hybridized carbons (Fsp3) is 0.625. The highest BCUT2D eigenvalue weighted by atomic mass is 19.1. The molecule has 0 bridgehead atoms. The molecule has 1 fully saturated rings. The number of nitrogens with zero attached hydrogens (tertiary/aromatic N) is 1. The molecule has 1 aromatic carbocycles. The Labute approximate surface area is 119 Å². The van der Waals surface area contributed by atoms with Gasteiger partial charge in [0.25, 0.3) is 0 Å². The molecular formula is C16H22FNO2. The number of ether oxygens (including phenoxy) is 1. The van der Waals surface area contributed by atoms with Crippen LogP contribution >= 0.6 is 0 Å². The van der Waals surface area contributed by atoms with Gasteiger partial charge in [-0.15, -0.1) is 0 Å². The van der Waals surface area contributed by atoms with Crippen LogP contribution in [-0.4, -0.2) is 42.4 Å². The molecule has 2 atom stereocenters.